The normalized spacial score (nSPS) is 16.2. The van der Waals surface area contributed by atoms with Gasteiger partial charge in [-0.05, 0) is 25.3 Å². The van der Waals surface area contributed by atoms with Gasteiger partial charge in [0.25, 0.3) is 0 Å². The van der Waals surface area contributed by atoms with E-state index in [1.807, 2.05) is 83.4 Å². The van der Waals surface area contributed by atoms with Crippen LogP contribution in [0.25, 0.3) is 22.6 Å². The number of piperidine rings is 1. The van der Waals surface area contributed by atoms with E-state index in [1.165, 1.54) is 0 Å². The van der Waals surface area contributed by atoms with Gasteiger partial charge in [0.2, 0.25) is 5.91 Å². The number of hydrogen-bond acceptors (Lipinski definition) is 4. The van der Waals surface area contributed by atoms with E-state index in [1.54, 1.807) is 0 Å². The summed E-state index contributed by atoms with van der Waals surface area (Å²) >= 11 is 0. The highest BCUT2D eigenvalue weighted by Gasteiger charge is 2.26. The van der Waals surface area contributed by atoms with Gasteiger partial charge in [0.05, 0.1) is 12.2 Å². The van der Waals surface area contributed by atoms with E-state index >= 15 is 0 Å². The Kier molecular flexibility index (Phi) is 6.07. The molecule has 4 aromatic rings. The van der Waals surface area contributed by atoms with Crippen LogP contribution < -0.4 is 0 Å². The number of carbonyl (C=O) groups excluding carboxylic acids is 1. The maximum absolute atomic E-state index is 13.0. The Hall–Kier alpha value is -3.67. The number of carbonyl (C=O) groups is 1. The molecule has 0 N–H and O–H groups in total. The largest absolute Gasteiger partial charge is 0.440 e. The highest BCUT2D eigenvalue weighted by Crippen LogP contribution is 2.33. The summed E-state index contributed by atoms with van der Waals surface area (Å²) in [7, 11) is 0. The molecule has 0 saturated carbocycles. The van der Waals surface area contributed by atoms with Gasteiger partial charge < -0.3 is 9.32 Å². The maximum Gasteiger partial charge on any atom is 0.223 e. The average Bonchev–Trinajstić information content (AvgIpc) is 3.50. The van der Waals surface area contributed by atoms with Gasteiger partial charge in [0.1, 0.15) is 5.69 Å². The molecule has 168 valence electrons. The van der Waals surface area contributed by atoms with E-state index in [0.29, 0.717) is 25.3 Å². The number of rotatable bonds is 6. The maximum atomic E-state index is 13.0. The van der Waals surface area contributed by atoms with Crippen LogP contribution in [0.4, 0.5) is 0 Å². The Balaban J connectivity index is 1.30. The number of hydrogen-bond donors (Lipinski definition) is 0. The van der Waals surface area contributed by atoms with Crippen LogP contribution in [-0.4, -0.2) is 38.7 Å². The van der Waals surface area contributed by atoms with Gasteiger partial charge in [-0.25, -0.2) is 4.98 Å². The fourth-order valence-electron chi connectivity index (χ4n) is 4.45. The summed E-state index contributed by atoms with van der Waals surface area (Å²) in [5, 5.41) is 4.45. The molecule has 1 unspecified atom stereocenters. The van der Waals surface area contributed by atoms with Gasteiger partial charge in [-0.3, -0.25) is 9.48 Å². The molecule has 5 rings (SSSR count). The standard InChI is InChI=1S/C27H28N4O2/c1-20-17-28-31(18-20)23-13-8-16-30(19-23)25(32)15-14-24-29-26(21-9-4-2-5-10-21)27(33-24)22-11-6-3-7-12-22/h2-7,9-12,17-18,23H,8,13-16,19H2,1H3. The highest BCUT2D eigenvalue weighted by molar-refractivity contribution is 5.78. The summed E-state index contributed by atoms with van der Waals surface area (Å²) in [4.78, 5) is 19.8. The van der Waals surface area contributed by atoms with Crippen LogP contribution in [0.2, 0.25) is 0 Å². The second-order valence-electron chi connectivity index (χ2n) is 8.65. The summed E-state index contributed by atoms with van der Waals surface area (Å²) in [5.74, 6) is 1.48. The molecule has 33 heavy (non-hydrogen) atoms. The van der Waals surface area contributed by atoms with E-state index in [-0.39, 0.29) is 11.9 Å². The summed E-state index contributed by atoms with van der Waals surface area (Å²) < 4.78 is 8.19. The molecular formula is C27H28N4O2. The first-order chi connectivity index (χ1) is 16.2. The highest BCUT2D eigenvalue weighted by atomic mass is 16.4. The van der Waals surface area contributed by atoms with Gasteiger partial charge >= 0.3 is 0 Å². The summed E-state index contributed by atoms with van der Waals surface area (Å²) in [6.45, 7) is 3.54. The monoisotopic (exact) mass is 440 g/mol. The van der Waals surface area contributed by atoms with Crippen LogP contribution >= 0.6 is 0 Å². The first kappa shape index (κ1) is 21.2. The van der Waals surface area contributed by atoms with Gasteiger partial charge in [-0.2, -0.15) is 5.10 Å². The van der Waals surface area contributed by atoms with E-state index in [4.69, 9.17) is 9.40 Å². The van der Waals surface area contributed by atoms with E-state index in [0.717, 1.165) is 47.5 Å². The number of aromatic nitrogens is 3. The lowest BCUT2D eigenvalue weighted by Crippen LogP contribution is -2.40. The van der Waals surface area contributed by atoms with Crippen molar-refractivity contribution in [1.82, 2.24) is 19.7 Å². The topological polar surface area (TPSA) is 64.2 Å². The van der Waals surface area contributed by atoms with E-state index < -0.39 is 0 Å². The Morgan fingerprint density at radius 2 is 1.79 bits per heavy atom. The molecule has 1 fully saturated rings. The van der Waals surface area contributed by atoms with Crippen molar-refractivity contribution in [2.75, 3.05) is 13.1 Å². The molecule has 2 aromatic carbocycles. The quantitative estimate of drug-likeness (QED) is 0.408. The number of likely N-dealkylation sites (tertiary alicyclic amines) is 1. The molecule has 6 heteroatoms. The minimum Gasteiger partial charge on any atom is -0.440 e. The molecule has 2 aromatic heterocycles. The molecule has 3 heterocycles. The van der Waals surface area contributed by atoms with Crippen LogP contribution in [0.3, 0.4) is 0 Å². The Bertz CT molecular complexity index is 1160. The third-order valence-corrected chi connectivity index (χ3v) is 6.16. The van der Waals surface area contributed by atoms with Gasteiger partial charge in [0, 0.05) is 43.3 Å². The molecule has 6 nitrogen and oxygen atoms in total. The van der Waals surface area contributed by atoms with Crippen LogP contribution in [0.1, 0.15) is 36.8 Å². The third kappa shape index (κ3) is 4.75. The molecule has 1 amide bonds. The van der Waals surface area contributed by atoms with Gasteiger partial charge in [-0.1, -0.05) is 60.7 Å². The van der Waals surface area contributed by atoms with Crippen molar-refractivity contribution < 1.29 is 9.21 Å². The van der Waals surface area contributed by atoms with E-state index in [9.17, 15) is 4.79 Å². The van der Waals surface area contributed by atoms with Crippen molar-refractivity contribution in [2.24, 2.45) is 0 Å². The van der Waals surface area contributed by atoms with Crippen LogP contribution in [0.5, 0.6) is 0 Å². The van der Waals surface area contributed by atoms with Crippen molar-refractivity contribution >= 4 is 5.91 Å². The first-order valence-electron chi connectivity index (χ1n) is 11.6. The Morgan fingerprint density at radius 3 is 2.48 bits per heavy atom. The molecule has 1 atom stereocenters. The van der Waals surface area contributed by atoms with Crippen molar-refractivity contribution in [3.63, 3.8) is 0 Å². The zero-order chi connectivity index (χ0) is 22.6. The fraction of sp³-hybridized carbons (Fsp3) is 0.296. The predicted octanol–water partition coefficient (Wildman–Crippen LogP) is 5.31. The number of aryl methyl sites for hydroxylation is 2. The molecule has 0 aliphatic carbocycles. The smallest absolute Gasteiger partial charge is 0.223 e. The summed E-state index contributed by atoms with van der Waals surface area (Å²) in [6.07, 6.45) is 6.83. The molecule has 1 aliphatic rings. The van der Waals surface area contributed by atoms with Crippen LogP contribution in [0.15, 0.2) is 77.5 Å². The molecular weight excluding hydrogens is 412 g/mol. The molecule has 0 bridgehead atoms. The number of nitrogens with zero attached hydrogens (tertiary/aromatic N) is 4. The van der Waals surface area contributed by atoms with Crippen molar-refractivity contribution in [1.29, 1.82) is 0 Å². The van der Waals surface area contributed by atoms with Crippen LogP contribution in [0, 0.1) is 6.92 Å². The molecule has 0 spiro atoms. The second-order valence-corrected chi connectivity index (χ2v) is 8.65. The number of oxazole rings is 1. The number of amides is 1. The molecule has 1 aliphatic heterocycles. The lowest BCUT2D eigenvalue weighted by Gasteiger charge is -2.33. The zero-order valence-corrected chi connectivity index (χ0v) is 18.9. The minimum atomic E-state index is 0.143. The summed E-state index contributed by atoms with van der Waals surface area (Å²) in [6, 6.07) is 20.3. The van der Waals surface area contributed by atoms with Crippen molar-refractivity contribution in [3.8, 4) is 22.6 Å². The Morgan fingerprint density at radius 1 is 1.06 bits per heavy atom. The fourth-order valence-corrected chi connectivity index (χ4v) is 4.45. The molecule has 1 saturated heterocycles. The third-order valence-electron chi connectivity index (χ3n) is 6.16. The minimum absolute atomic E-state index is 0.143. The van der Waals surface area contributed by atoms with Gasteiger partial charge in [-0.15, -0.1) is 0 Å². The molecule has 0 radical (unpaired) electrons. The van der Waals surface area contributed by atoms with Crippen LogP contribution in [-0.2, 0) is 11.2 Å². The first-order valence-corrected chi connectivity index (χ1v) is 11.6. The van der Waals surface area contributed by atoms with Gasteiger partial charge in [0.15, 0.2) is 11.7 Å². The lowest BCUT2D eigenvalue weighted by molar-refractivity contribution is -0.132. The summed E-state index contributed by atoms with van der Waals surface area (Å²) in [5.41, 5.74) is 3.95. The average molecular weight is 441 g/mol. The van der Waals surface area contributed by atoms with E-state index in [2.05, 4.69) is 11.3 Å². The number of benzene rings is 2. The zero-order valence-electron chi connectivity index (χ0n) is 18.9. The van der Waals surface area contributed by atoms with Crippen molar-refractivity contribution in [3.05, 3.63) is 84.5 Å². The predicted molar refractivity (Wildman–Crippen MR) is 128 cm³/mol. The van der Waals surface area contributed by atoms with Crippen molar-refractivity contribution in [2.45, 2.75) is 38.6 Å². The Labute approximate surface area is 193 Å². The second kappa shape index (κ2) is 9.45. The SMILES string of the molecule is Cc1cnn(C2CCCN(C(=O)CCc3nc(-c4ccccc4)c(-c4ccccc4)o3)C2)c1. The lowest BCUT2D eigenvalue weighted by atomic mass is 10.1.